The van der Waals surface area contributed by atoms with Gasteiger partial charge in [0.15, 0.2) is 0 Å². The second-order valence-corrected chi connectivity index (χ2v) is 4.06. The Labute approximate surface area is 86.0 Å². The predicted molar refractivity (Wildman–Crippen MR) is 61.4 cm³/mol. The average molecular weight is 187 g/mol. The molecule has 82 valence electrons. The van der Waals surface area contributed by atoms with Crippen LogP contribution < -0.4 is 4.90 Å². The summed E-state index contributed by atoms with van der Waals surface area (Å²) in [6, 6.07) is 0. The fraction of sp³-hybridized carbons (Fsp3) is 1.00. The second kappa shape index (κ2) is 10.0. The smallest absolute Gasteiger partial charge is 0.0770 e. The molecule has 0 aliphatic carbocycles. The van der Waals surface area contributed by atoms with E-state index in [-0.39, 0.29) is 1.43 Å². The quantitative estimate of drug-likeness (QED) is 0.565. The van der Waals surface area contributed by atoms with E-state index < -0.39 is 0 Å². The fourth-order valence-electron chi connectivity index (χ4n) is 1.66. The molecular weight excluding hydrogens is 158 g/mol. The monoisotopic (exact) mass is 187 g/mol. The van der Waals surface area contributed by atoms with Crippen LogP contribution in [0.3, 0.4) is 0 Å². The molecule has 1 heteroatoms. The Hall–Kier alpha value is -0.0400. The van der Waals surface area contributed by atoms with Gasteiger partial charge in [-0.15, -0.1) is 0 Å². The van der Waals surface area contributed by atoms with Gasteiger partial charge in [-0.05, 0) is 19.3 Å². The van der Waals surface area contributed by atoms with Crippen LogP contribution in [0.15, 0.2) is 0 Å². The van der Waals surface area contributed by atoms with Crippen molar-refractivity contribution in [2.75, 3.05) is 19.6 Å². The van der Waals surface area contributed by atoms with Crippen molar-refractivity contribution in [1.29, 1.82) is 0 Å². The molecular formula is C12H29N. The Kier molecular flexibility index (Phi) is 10.0. The number of quaternary nitrogens is 1. The van der Waals surface area contributed by atoms with E-state index in [1.807, 2.05) is 4.90 Å². The van der Waals surface area contributed by atoms with Gasteiger partial charge in [0, 0.05) is 0 Å². The summed E-state index contributed by atoms with van der Waals surface area (Å²) in [4.78, 5) is 1.84. The molecule has 0 aromatic rings. The molecule has 0 saturated carbocycles. The van der Waals surface area contributed by atoms with Gasteiger partial charge in [-0.3, -0.25) is 0 Å². The molecule has 0 fully saturated rings. The van der Waals surface area contributed by atoms with Crippen LogP contribution in [0.2, 0.25) is 0 Å². The molecule has 0 amide bonds. The highest BCUT2D eigenvalue weighted by molar-refractivity contribution is 4.37. The van der Waals surface area contributed by atoms with Crippen LogP contribution in [0.4, 0.5) is 0 Å². The molecule has 0 rings (SSSR count). The van der Waals surface area contributed by atoms with Gasteiger partial charge in [-0.2, -0.15) is 0 Å². The van der Waals surface area contributed by atoms with E-state index in [4.69, 9.17) is 0 Å². The highest BCUT2D eigenvalue weighted by Gasteiger charge is 2.05. The van der Waals surface area contributed by atoms with Crippen molar-refractivity contribution in [2.45, 2.75) is 59.3 Å². The summed E-state index contributed by atoms with van der Waals surface area (Å²) in [7, 11) is 0. The van der Waals surface area contributed by atoms with Gasteiger partial charge >= 0.3 is 0 Å². The first-order valence-corrected chi connectivity index (χ1v) is 6.18. The van der Waals surface area contributed by atoms with Crippen LogP contribution >= 0.6 is 0 Å². The van der Waals surface area contributed by atoms with E-state index in [0.717, 1.165) is 0 Å². The Bertz CT molecular complexity index is 77.3. The number of unbranched alkanes of at least 4 members (excludes halogenated alkanes) is 3. The van der Waals surface area contributed by atoms with Gasteiger partial charge in [-0.25, -0.2) is 0 Å². The lowest BCUT2D eigenvalue weighted by Crippen LogP contribution is -3.12. The molecule has 1 nitrogen and oxygen atoms in total. The lowest BCUT2D eigenvalue weighted by molar-refractivity contribution is -0.900. The minimum atomic E-state index is 0. The Balaban J connectivity index is 0. The van der Waals surface area contributed by atoms with Crippen LogP contribution in [-0.4, -0.2) is 19.6 Å². The molecule has 0 radical (unpaired) electrons. The van der Waals surface area contributed by atoms with E-state index in [2.05, 4.69) is 20.8 Å². The summed E-state index contributed by atoms with van der Waals surface area (Å²) in [5, 5.41) is 0. The SMILES string of the molecule is CCCC[NH+](CCCC)CCCC.[H-]. The maximum absolute atomic E-state index is 2.29. The molecule has 0 aromatic heterocycles. The number of nitrogens with one attached hydrogen (secondary N) is 1. The highest BCUT2D eigenvalue weighted by Crippen LogP contribution is 1.85. The van der Waals surface area contributed by atoms with Crippen LogP contribution in [0, 0.1) is 0 Å². The van der Waals surface area contributed by atoms with Gasteiger partial charge in [0.05, 0.1) is 19.6 Å². The fourth-order valence-corrected chi connectivity index (χ4v) is 1.66. The molecule has 0 aliphatic heterocycles. The van der Waals surface area contributed by atoms with E-state index >= 15 is 0 Å². The maximum Gasteiger partial charge on any atom is 0.0770 e. The van der Waals surface area contributed by atoms with Crippen molar-refractivity contribution in [2.24, 2.45) is 0 Å². The third-order valence-corrected chi connectivity index (χ3v) is 2.65. The number of hydrogen-bond acceptors (Lipinski definition) is 0. The Morgan fingerprint density at radius 1 is 0.692 bits per heavy atom. The van der Waals surface area contributed by atoms with Crippen molar-refractivity contribution in [3.05, 3.63) is 0 Å². The lowest BCUT2D eigenvalue weighted by atomic mass is 10.2. The minimum absolute atomic E-state index is 0. The molecule has 0 saturated heterocycles. The van der Waals surface area contributed by atoms with Gasteiger partial charge in [-0.1, -0.05) is 40.0 Å². The third-order valence-electron chi connectivity index (χ3n) is 2.65. The largest absolute Gasteiger partial charge is 1.00 e. The van der Waals surface area contributed by atoms with E-state index in [0.29, 0.717) is 0 Å². The standard InChI is InChI=1S/C12H27N.H/c1-4-7-10-13(11-8-5-2)12-9-6-3;/h4-12H2,1-3H3;/q;-1/p+1. The summed E-state index contributed by atoms with van der Waals surface area (Å²) in [5.41, 5.74) is 0. The predicted octanol–water partition coefficient (Wildman–Crippen LogP) is 2.38. The summed E-state index contributed by atoms with van der Waals surface area (Å²) in [6.45, 7) is 11.1. The van der Waals surface area contributed by atoms with E-state index in [1.165, 1.54) is 58.2 Å². The van der Waals surface area contributed by atoms with Crippen LogP contribution in [0.25, 0.3) is 0 Å². The zero-order valence-corrected chi connectivity index (χ0v) is 9.86. The Morgan fingerprint density at radius 2 is 1.00 bits per heavy atom. The van der Waals surface area contributed by atoms with E-state index in [9.17, 15) is 0 Å². The minimum Gasteiger partial charge on any atom is -1.00 e. The zero-order chi connectivity index (χ0) is 9.94. The average Bonchev–Trinajstić information content (AvgIpc) is 2.17. The molecule has 0 bridgehead atoms. The lowest BCUT2D eigenvalue weighted by Gasteiger charge is -2.18. The van der Waals surface area contributed by atoms with Crippen molar-refractivity contribution in [3.63, 3.8) is 0 Å². The molecule has 0 spiro atoms. The molecule has 0 atom stereocenters. The normalized spacial score (nSPS) is 11.1. The molecule has 0 heterocycles. The Morgan fingerprint density at radius 3 is 1.23 bits per heavy atom. The van der Waals surface area contributed by atoms with Crippen molar-refractivity contribution in [3.8, 4) is 0 Å². The van der Waals surface area contributed by atoms with Crippen molar-refractivity contribution >= 4 is 0 Å². The van der Waals surface area contributed by atoms with Crippen molar-refractivity contribution in [1.82, 2.24) is 0 Å². The first-order chi connectivity index (χ1) is 6.35. The zero-order valence-electron chi connectivity index (χ0n) is 10.9. The summed E-state index contributed by atoms with van der Waals surface area (Å²) >= 11 is 0. The third kappa shape index (κ3) is 8.29. The summed E-state index contributed by atoms with van der Waals surface area (Å²) < 4.78 is 0. The first-order valence-electron chi connectivity index (χ1n) is 6.18. The molecule has 13 heavy (non-hydrogen) atoms. The van der Waals surface area contributed by atoms with Crippen LogP contribution in [0.1, 0.15) is 60.7 Å². The van der Waals surface area contributed by atoms with Gasteiger partial charge in [0.25, 0.3) is 0 Å². The first kappa shape index (κ1) is 13.0. The van der Waals surface area contributed by atoms with E-state index in [1.54, 1.807) is 0 Å². The van der Waals surface area contributed by atoms with Gasteiger partial charge < -0.3 is 6.33 Å². The topological polar surface area (TPSA) is 4.44 Å². The van der Waals surface area contributed by atoms with Crippen molar-refractivity contribution < 1.29 is 6.33 Å². The highest BCUT2D eigenvalue weighted by atomic mass is 15.1. The molecule has 1 N–H and O–H groups in total. The number of hydrogen-bond donors (Lipinski definition) is 1. The summed E-state index contributed by atoms with van der Waals surface area (Å²) in [5.74, 6) is 0. The van der Waals surface area contributed by atoms with Gasteiger partial charge in [0.1, 0.15) is 0 Å². The summed E-state index contributed by atoms with van der Waals surface area (Å²) in [6.07, 6.45) is 8.26. The van der Waals surface area contributed by atoms with Crippen LogP contribution in [0.5, 0.6) is 0 Å². The molecule has 0 aliphatic rings. The second-order valence-electron chi connectivity index (χ2n) is 4.06. The molecule has 0 aromatic carbocycles. The number of rotatable bonds is 9. The molecule has 0 unspecified atom stereocenters. The van der Waals surface area contributed by atoms with Gasteiger partial charge in [0.2, 0.25) is 0 Å². The maximum atomic E-state index is 2.29. The van der Waals surface area contributed by atoms with Crippen LogP contribution in [-0.2, 0) is 0 Å².